The first-order valence-electron chi connectivity index (χ1n) is 11.8. The van der Waals surface area contributed by atoms with Crippen LogP contribution in [0, 0.1) is 51.5 Å². The summed E-state index contributed by atoms with van der Waals surface area (Å²) >= 11 is 0. The Balaban J connectivity index is 0.000000383. The number of pyridine rings is 1. The molecule has 2 aromatic carbocycles. The van der Waals surface area contributed by atoms with Crippen LogP contribution in [-0.2, 0) is 24.9 Å². The number of allylic oxidation sites excluding steroid dienone is 2. The van der Waals surface area contributed by atoms with Gasteiger partial charge in [0, 0.05) is 42.4 Å². The van der Waals surface area contributed by atoms with Crippen molar-refractivity contribution in [2.75, 3.05) is 0 Å². The number of aromatic nitrogens is 1. The Morgan fingerprint density at radius 2 is 1.40 bits per heavy atom. The number of aliphatic hydroxyl groups excluding tert-OH is 1. The topological polar surface area (TPSA) is 50.2 Å². The van der Waals surface area contributed by atoms with Crippen LogP contribution in [0.15, 0.2) is 42.2 Å². The van der Waals surface area contributed by atoms with Crippen molar-refractivity contribution in [1.82, 2.24) is 4.98 Å². The van der Waals surface area contributed by atoms with Gasteiger partial charge < -0.3 is 5.11 Å². The fourth-order valence-corrected chi connectivity index (χ4v) is 3.38. The number of rotatable bonds is 2. The first-order valence-corrected chi connectivity index (χ1v) is 11.8. The molecule has 0 saturated carbocycles. The van der Waals surface area contributed by atoms with Crippen LogP contribution in [0.4, 0.5) is 0 Å². The minimum atomic E-state index is -0.417. The molecule has 35 heavy (non-hydrogen) atoms. The molecule has 1 heterocycles. The monoisotopic (exact) mass is 651 g/mol. The van der Waals surface area contributed by atoms with E-state index in [2.05, 4.69) is 71.0 Å². The Hall–Kier alpha value is -2.29. The molecular formula is C31H40IrNO2-. The second-order valence-corrected chi connectivity index (χ2v) is 11.4. The molecule has 3 rings (SSSR count). The van der Waals surface area contributed by atoms with Gasteiger partial charge in [0.15, 0.2) is 5.78 Å². The van der Waals surface area contributed by atoms with E-state index in [4.69, 9.17) is 4.98 Å². The second-order valence-electron chi connectivity index (χ2n) is 11.4. The average Bonchev–Trinajstić information content (AvgIpc) is 2.67. The van der Waals surface area contributed by atoms with Crippen LogP contribution in [0.3, 0.4) is 0 Å². The predicted octanol–water partition coefficient (Wildman–Crippen LogP) is 8.33. The Morgan fingerprint density at radius 1 is 0.829 bits per heavy atom. The Labute approximate surface area is 225 Å². The van der Waals surface area contributed by atoms with Crippen LogP contribution in [0.2, 0.25) is 0 Å². The first kappa shape index (κ1) is 30.7. The molecule has 0 atom stereocenters. The van der Waals surface area contributed by atoms with Gasteiger partial charge in [-0.05, 0) is 55.3 Å². The molecule has 3 aromatic rings. The smallest absolute Gasteiger partial charge is 0.164 e. The van der Waals surface area contributed by atoms with Gasteiger partial charge in [-0.25, -0.2) is 0 Å². The van der Waals surface area contributed by atoms with E-state index in [1.54, 1.807) is 0 Å². The molecule has 1 N–H and O–H groups in total. The quantitative estimate of drug-likeness (QED) is 0.172. The number of aryl methyl sites for hydroxylation is 5. The van der Waals surface area contributed by atoms with Gasteiger partial charge in [-0.3, -0.25) is 9.78 Å². The van der Waals surface area contributed by atoms with E-state index in [0.717, 1.165) is 22.3 Å². The fourth-order valence-electron chi connectivity index (χ4n) is 3.38. The number of ketones is 1. The molecule has 3 nitrogen and oxygen atoms in total. The average molecular weight is 651 g/mol. The summed E-state index contributed by atoms with van der Waals surface area (Å²) in [5.74, 6) is 0.104. The third-order valence-electron chi connectivity index (χ3n) is 5.83. The minimum Gasteiger partial charge on any atom is -0.512 e. The molecule has 0 aliphatic heterocycles. The van der Waals surface area contributed by atoms with Gasteiger partial charge in [0.25, 0.3) is 0 Å². The Bertz CT molecular complexity index is 1220. The first-order chi connectivity index (χ1) is 15.5. The molecular weight excluding hydrogens is 611 g/mol. The summed E-state index contributed by atoms with van der Waals surface area (Å²) < 4.78 is 0. The maximum absolute atomic E-state index is 11.5. The van der Waals surface area contributed by atoms with Crippen molar-refractivity contribution in [1.29, 1.82) is 0 Å². The summed E-state index contributed by atoms with van der Waals surface area (Å²) in [5, 5.41) is 10.8. The third-order valence-corrected chi connectivity index (χ3v) is 5.83. The largest absolute Gasteiger partial charge is 0.512 e. The Kier molecular flexibility index (Phi) is 10.2. The van der Waals surface area contributed by atoms with E-state index >= 15 is 0 Å². The number of nitrogens with zero attached hydrogens (tertiary/aromatic N) is 1. The van der Waals surface area contributed by atoms with Crippen molar-refractivity contribution in [3.63, 3.8) is 0 Å². The number of aliphatic hydroxyl groups is 1. The van der Waals surface area contributed by atoms with Crippen LogP contribution in [0.5, 0.6) is 0 Å². The molecule has 1 aromatic heterocycles. The maximum Gasteiger partial charge on any atom is 0.164 e. The summed E-state index contributed by atoms with van der Waals surface area (Å²) in [6.45, 7) is 21.8. The van der Waals surface area contributed by atoms with Crippen LogP contribution < -0.4 is 0 Å². The van der Waals surface area contributed by atoms with Gasteiger partial charge >= 0.3 is 0 Å². The van der Waals surface area contributed by atoms with Gasteiger partial charge in [-0.2, -0.15) is 0 Å². The molecule has 0 saturated heterocycles. The van der Waals surface area contributed by atoms with E-state index < -0.39 is 5.41 Å². The summed E-state index contributed by atoms with van der Waals surface area (Å²) in [6, 6.07) is 14.3. The van der Waals surface area contributed by atoms with E-state index in [9.17, 15) is 9.90 Å². The summed E-state index contributed by atoms with van der Waals surface area (Å²) in [7, 11) is 0. The summed E-state index contributed by atoms with van der Waals surface area (Å²) in [4.78, 5) is 16.3. The van der Waals surface area contributed by atoms with Crippen LogP contribution in [0.1, 0.15) is 69.4 Å². The van der Waals surface area contributed by atoms with Crippen LogP contribution >= 0.6 is 0 Å². The number of carbonyl (C=O) groups is 1. The van der Waals surface area contributed by atoms with E-state index in [1.807, 2.05) is 41.5 Å². The van der Waals surface area contributed by atoms with E-state index in [0.29, 0.717) is 0 Å². The molecule has 0 aliphatic carbocycles. The van der Waals surface area contributed by atoms with Crippen molar-refractivity contribution < 1.29 is 30.0 Å². The van der Waals surface area contributed by atoms with Gasteiger partial charge in [0.05, 0.1) is 5.52 Å². The summed E-state index contributed by atoms with van der Waals surface area (Å²) in [6.07, 6.45) is 1.33. The SMILES string of the molecule is CC(C)(C)C(=O)/C=C(\O)C(C)(C)C.Cc1[c-]c(-c2cc(C)c3cc(C)c(C)cc3n2)cc(C)c1.[Ir]. The molecule has 0 aliphatic rings. The maximum atomic E-state index is 11.5. The molecule has 0 fully saturated rings. The van der Waals surface area contributed by atoms with Gasteiger partial charge in [-0.1, -0.05) is 61.5 Å². The van der Waals surface area contributed by atoms with Crippen molar-refractivity contribution in [3.8, 4) is 11.3 Å². The number of carbonyl (C=O) groups excluding carboxylic acids is 1. The zero-order chi connectivity index (χ0) is 26.0. The molecule has 0 bridgehead atoms. The molecule has 0 amide bonds. The number of hydrogen-bond donors (Lipinski definition) is 1. The normalized spacial score (nSPS) is 12.0. The molecule has 1 radical (unpaired) electrons. The molecule has 0 spiro atoms. The number of fused-ring (bicyclic) bond motifs is 1. The van der Waals surface area contributed by atoms with Gasteiger partial charge in [0.1, 0.15) is 5.76 Å². The third kappa shape index (κ3) is 8.40. The molecule has 191 valence electrons. The van der Waals surface area contributed by atoms with Gasteiger partial charge in [-0.15, -0.1) is 34.9 Å². The fraction of sp³-hybridized carbons (Fsp3) is 0.419. The van der Waals surface area contributed by atoms with Crippen LogP contribution in [0.25, 0.3) is 22.2 Å². The van der Waals surface area contributed by atoms with Crippen molar-refractivity contribution in [3.05, 3.63) is 76.1 Å². The predicted molar refractivity (Wildman–Crippen MR) is 144 cm³/mol. The van der Waals surface area contributed by atoms with Crippen molar-refractivity contribution in [2.45, 2.75) is 76.2 Å². The Morgan fingerprint density at radius 3 is 1.91 bits per heavy atom. The zero-order valence-electron chi connectivity index (χ0n) is 23.1. The van der Waals surface area contributed by atoms with Crippen LogP contribution in [-0.4, -0.2) is 15.9 Å². The zero-order valence-corrected chi connectivity index (χ0v) is 25.5. The standard InChI is InChI=1S/C20H20N.C11H20O2.Ir/c1-12-6-13(2)8-17(7-12)19-11-16(5)18-9-14(3)15(4)10-20(18)21-19;1-10(2,3)8(12)7-9(13)11(4,5)6;/h6-7,9-11H,1-5H3;7,12H,1-6H3;/q-1;;/b;8-7-;. The number of hydrogen-bond acceptors (Lipinski definition) is 3. The van der Waals surface area contributed by atoms with E-state index in [1.165, 1.54) is 33.7 Å². The van der Waals surface area contributed by atoms with Gasteiger partial charge in [0.2, 0.25) is 0 Å². The molecule has 4 heteroatoms. The molecule has 0 unspecified atom stereocenters. The second kappa shape index (κ2) is 11.6. The van der Waals surface area contributed by atoms with Crippen molar-refractivity contribution in [2.24, 2.45) is 10.8 Å². The minimum absolute atomic E-state index is 0. The van der Waals surface area contributed by atoms with Crippen molar-refractivity contribution >= 4 is 16.7 Å². The van der Waals surface area contributed by atoms with E-state index in [-0.39, 0.29) is 37.1 Å². The summed E-state index contributed by atoms with van der Waals surface area (Å²) in [5.41, 5.74) is 8.68. The number of benzene rings is 2.